The summed E-state index contributed by atoms with van der Waals surface area (Å²) in [5.41, 5.74) is -0.645. The Morgan fingerprint density at radius 1 is 1.56 bits per heavy atom. The first-order valence-corrected chi connectivity index (χ1v) is 5.04. The number of nitrogens with zero attached hydrogens (tertiary/aromatic N) is 2. The molecule has 0 aliphatic rings. The molecule has 0 saturated heterocycles. The van der Waals surface area contributed by atoms with Crippen molar-refractivity contribution in [3.8, 4) is 0 Å². The number of pyridine rings is 1. The monoisotopic (exact) mass is 276 g/mol. The van der Waals surface area contributed by atoms with Crippen LogP contribution >= 0.6 is 11.6 Å². The van der Waals surface area contributed by atoms with Gasteiger partial charge in [0.25, 0.3) is 0 Å². The Morgan fingerprint density at radius 2 is 2.11 bits per heavy atom. The number of carboxylic acids is 1. The number of aliphatic carboxylic acids is 1. The number of hydrogen-bond donors (Lipinski definition) is 3. The number of aryl methyl sites for hydroxylation is 1. The number of carbonyl (C=O) groups is 1. The first-order valence-electron chi connectivity index (χ1n) is 4.66. The zero-order chi connectivity index (χ0) is 14.0. The molecular weight excluding hydrogens is 268 g/mol. The van der Waals surface area contributed by atoms with Gasteiger partial charge in [0.05, 0.1) is 4.92 Å². The summed E-state index contributed by atoms with van der Waals surface area (Å²) in [7, 11) is 0. The third-order valence-corrected chi connectivity index (χ3v) is 2.53. The predicted molar refractivity (Wildman–Crippen MR) is 59.2 cm³/mol. The number of hydrogen-bond acceptors (Lipinski definition) is 6. The van der Waals surface area contributed by atoms with Crippen LogP contribution in [0.15, 0.2) is 6.07 Å². The Labute approximate surface area is 106 Å². The fraction of sp³-hybridized carbons (Fsp3) is 0.333. The highest BCUT2D eigenvalue weighted by atomic mass is 35.5. The molecule has 2 unspecified atom stereocenters. The molecule has 0 fully saturated rings. The van der Waals surface area contributed by atoms with Crippen LogP contribution in [-0.4, -0.2) is 37.3 Å². The number of nitro groups is 1. The van der Waals surface area contributed by atoms with Gasteiger partial charge in [-0.3, -0.25) is 10.1 Å². The minimum atomic E-state index is -2.11. The molecule has 1 rings (SSSR count). The maximum atomic E-state index is 10.6. The molecule has 2 atom stereocenters. The first-order chi connectivity index (χ1) is 8.25. The number of carboxylic acid groups (broad SMARTS) is 1. The molecule has 9 heteroatoms. The van der Waals surface area contributed by atoms with E-state index in [0.29, 0.717) is 0 Å². The molecule has 0 radical (unpaired) electrons. The summed E-state index contributed by atoms with van der Waals surface area (Å²) in [6.07, 6.45) is -3.93. The SMILES string of the molecule is Cc1nc(Cl)c([N+](=O)[O-])cc1C(O)C(O)C(=O)O. The average molecular weight is 277 g/mol. The van der Waals surface area contributed by atoms with E-state index in [1.54, 1.807) is 0 Å². The van der Waals surface area contributed by atoms with E-state index < -0.39 is 28.8 Å². The van der Waals surface area contributed by atoms with E-state index in [1.807, 2.05) is 0 Å². The molecule has 1 heterocycles. The molecule has 98 valence electrons. The Morgan fingerprint density at radius 3 is 2.56 bits per heavy atom. The molecule has 0 amide bonds. The molecule has 1 aromatic rings. The fourth-order valence-electron chi connectivity index (χ4n) is 1.31. The lowest BCUT2D eigenvalue weighted by atomic mass is 10.0. The van der Waals surface area contributed by atoms with E-state index in [4.69, 9.17) is 16.7 Å². The van der Waals surface area contributed by atoms with Crippen molar-refractivity contribution in [2.24, 2.45) is 0 Å². The van der Waals surface area contributed by atoms with Crippen molar-refractivity contribution in [1.82, 2.24) is 4.98 Å². The number of aliphatic hydroxyl groups excluding tert-OH is 2. The minimum absolute atomic E-state index is 0.0957. The molecule has 18 heavy (non-hydrogen) atoms. The molecule has 1 aromatic heterocycles. The molecule has 8 nitrogen and oxygen atoms in total. The van der Waals surface area contributed by atoms with Gasteiger partial charge in [-0.1, -0.05) is 11.6 Å². The van der Waals surface area contributed by atoms with Gasteiger partial charge in [0.15, 0.2) is 6.10 Å². The van der Waals surface area contributed by atoms with Crippen molar-refractivity contribution >= 4 is 23.3 Å². The maximum absolute atomic E-state index is 10.6. The molecule has 0 aliphatic heterocycles. The van der Waals surface area contributed by atoms with Crippen molar-refractivity contribution in [3.05, 3.63) is 32.6 Å². The van der Waals surface area contributed by atoms with Gasteiger partial charge in [0, 0.05) is 17.3 Å². The zero-order valence-corrected chi connectivity index (χ0v) is 9.83. The molecule has 0 saturated carbocycles. The number of halogens is 1. The lowest BCUT2D eigenvalue weighted by molar-refractivity contribution is -0.385. The Kier molecular flexibility index (Phi) is 4.17. The normalized spacial score (nSPS) is 14.0. The van der Waals surface area contributed by atoms with E-state index in [-0.39, 0.29) is 16.4 Å². The maximum Gasteiger partial charge on any atom is 0.335 e. The van der Waals surface area contributed by atoms with Crippen molar-refractivity contribution in [2.45, 2.75) is 19.1 Å². The van der Waals surface area contributed by atoms with Gasteiger partial charge in [-0.15, -0.1) is 0 Å². The van der Waals surface area contributed by atoms with Gasteiger partial charge in [-0.05, 0) is 6.92 Å². The van der Waals surface area contributed by atoms with Gasteiger partial charge >= 0.3 is 11.7 Å². The van der Waals surface area contributed by atoms with Crippen molar-refractivity contribution in [3.63, 3.8) is 0 Å². The highest BCUT2D eigenvalue weighted by molar-refractivity contribution is 6.31. The van der Waals surface area contributed by atoms with Crippen LogP contribution in [0, 0.1) is 17.0 Å². The van der Waals surface area contributed by atoms with E-state index in [1.165, 1.54) is 6.92 Å². The van der Waals surface area contributed by atoms with E-state index in [9.17, 15) is 25.1 Å². The zero-order valence-electron chi connectivity index (χ0n) is 9.07. The van der Waals surface area contributed by atoms with Gasteiger partial charge in [-0.25, -0.2) is 9.78 Å². The molecule has 0 bridgehead atoms. The molecule has 0 aliphatic carbocycles. The lowest BCUT2D eigenvalue weighted by Crippen LogP contribution is -2.28. The summed E-state index contributed by atoms with van der Waals surface area (Å²) in [4.78, 5) is 23.9. The fourth-order valence-corrected chi connectivity index (χ4v) is 1.56. The Balaban J connectivity index is 3.28. The van der Waals surface area contributed by atoms with Crippen molar-refractivity contribution in [2.75, 3.05) is 0 Å². The number of aromatic nitrogens is 1. The summed E-state index contributed by atoms with van der Waals surface area (Å²) in [5, 5.41) is 37.6. The van der Waals surface area contributed by atoms with Crippen LogP contribution in [0.2, 0.25) is 5.15 Å². The van der Waals surface area contributed by atoms with Gasteiger partial charge in [0.1, 0.15) is 6.10 Å². The average Bonchev–Trinajstić information content (AvgIpc) is 2.26. The topological polar surface area (TPSA) is 134 Å². The summed E-state index contributed by atoms with van der Waals surface area (Å²) in [5.74, 6) is -1.65. The smallest absolute Gasteiger partial charge is 0.335 e. The van der Waals surface area contributed by atoms with Gasteiger partial charge < -0.3 is 15.3 Å². The highest BCUT2D eigenvalue weighted by Crippen LogP contribution is 2.29. The van der Waals surface area contributed by atoms with Crippen LogP contribution in [0.4, 0.5) is 5.69 Å². The quantitative estimate of drug-likeness (QED) is 0.412. The van der Waals surface area contributed by atoms with Gasteiger partial charge in [0.2, 0.25) is 5.15 Å². The standard InChI is InChI=1S/C9H9ClN2O6/c1-3-4(6(13)7(14)9(15)16)2-5(12(17)18)8(10)11-3/h2,6-7,13-14H,1H3,(H,15,16). The van der Waals surface area contributed by atoms with Gasteiger partial charge in [-0.2, -0.15) is 0 Å². The van der Waals surface area contributed by atoms with Crippen LogP contribution in [0.1, 0.15) is 17.4 Å². The number of rotatable bonds is 4. The minimum Gasteiger partial charge on any atom is -0.479 e. The molecule has 3 N–H and O–H groups in total. The largest absolute Gasteiger partial charge is 0.479 e. The molecule has 0 aromatic carbocycles. The van der Waals surface area contributed by atoms with Crippen molar-refractivity contribution in [1.29, 1.82) is 0 Å². The second-order valence-electron chi connectivity index (χ2n) is 3.46. The number of aliphatic hydroxyl groups is 2. The van der Waals surface area contributed by atoms with Crippen LogP contribution < -0.4 is 0 Å². The highest BCUT2D eigenvalue weighted by Gasteiger charge is 2.29. The van der Waals surface area contributed by atoms with Crippen LogP contribution in [0.25, 0.3) is 0 Å². The van der Waals surface area contributed by atoms with Crippen LogP contribution in [0.5, 0.6) is 0 Å². The second kappa shape index (κ2) is 5.25. The lowest BCUT2D eigenvalue weighted by Gasteiger charge is -2.15. The predicted octanol–water partition coefficient (Wildman–Crippen LogP) is 0.431. The van der Waals surface area contributed by atoms with Crippen molar-refractivity contribution < 1.29 is 25.0 Å². The Hall–Kier alpha value is -1.77. The summed E-state index contributed by atoms with van der Waals surface area (Å²) in [6.45, 7) is 1.38. The van der Waals surface area contributed by atoms with Crippen LogP contribution in [0.3, 0.4) is 0 Å². The molecular formula is C9H9ClN2O6. The third-order valence-electron chi connectivity index (χ3n) is 2.25. The Bertz CT molecular complexity index is 506. The van der Waals surface area contributed by atoms with E-state index in [2.05, 4.69) is 4.98 Å². The summed E-state index contributed by atoms with van der Waals surface area (Å²) >= 11 is 5.53. The van der Waals surface area contributed by atoms with E-state index in [0.717, 1.165) is 6.07 Å². The third kappa shape index (κ3) is 2.73. The van der Waals surface area contributed by atoms with Crippen LogP contribution in [-0.2, 0) is 4.79 Å². The second-order valence-corrected chi connectivity index (χ2v) is 3.82. The first kappa shape index (κ1) is 14.3. The van der Waals surface area contributed by atoms with E-state index >= 15 is 0 Å². The molecule has 0 spiro atoms. The summed E-state index contributed by atoms with van der Waals surface area (Å²) in [6, 6.07) is 0.890. The summed E-state index contributed by atoms with van der Waals surface area (Å²) < 4.78 is 0.